The predicted molar refractivity (Wildman–Crippen MR) is 103 cm³/mol. The number of ether oxygens (including phenoxy) is 1. The zero-order chi connectivity index (χ0) is 19.1. The molecule has 2 aromatic carbocycles. The first-order valence-electron chi connectivity index (χ1n) is 7.98. The molecule has 0 saturated carbocycles. The molecule has 6 nitrogen and oxygen atoms in total. The van der Waals surface area contributed by atoms with E-state index in [2.05, 4.69) is 5.32 Å². The van der Waals surface area contributed by atoms with Crippen LogP contribution in [0.1, 0.15) is 15.9 Å². The maximum absolute atomic E-state index is 12.4. The van der Waals surface area contributed by atoms with Crippen LogP contribution in [0.2, 0.25) is 0 Å². The van der Waals surface area contributed by atoms with Crippen molar-refractivity contribution in [1.29, 1.82) is 0 Å². The third-order valence-corrected chi connectivity index (χ3v) is 4.27. The van der Waals surface area contributed by atoms with Gasteiger partial charge >= 0.3 is 0 Å². The molecule has 0 spiro atoms. The van der Waals surface area contributed by atoms with Crippen molar-refractivity contribution in [3.8, 4) is 5.75 Å². The van der Waals surface area contributed by atoms with Gasteiger partial charge in [0.1, 0.15) is 5.75 Å². The lowest BCUT2D eigenvalue weighted by molar-refractivity contribution is -0.130. The fourth-order valence-corrected chi connectivity index (χ4v) is 2.80. The molecule has 0 aliphatic carbocycles. The Labute approximate surface area is 155 Å². The highest BCUT2D eigenvalue weighted by Crippen LogP contribution is 2.17. The number of nitrogens with zero attached hydrogens (tertiary/aromatic N) is 1. The number of rotatable bonds is 7. The Morgan fingerprint density at radius 1 is 1.12 bits per heavy atom. The van der Waals surface area contributed by atoms with Gasteiger partial charge in [0.25, 0.3) is 11.8 Å². The van der Waals surface area contributed by atoms with Crippen LogP contribution in [-0.4, -0.2) is 47.9 Å². The van der Waals surface area contributed by atoms with Crippen molar-refractivity contribution < 1.29 is 18.5 Å². The molecule has 0 radical (unpaired) electrons. The minimum atomic E-state index is -0.960. The van der Waals surface area contributed by atoms with E-state index in [1.165, 1.54) is 4.90 Å². The summed E-state index contributed by atoms with van der Waals surface area (Å²) in [7, 11) is 2.37. The lowest BCUT2D eigenvalue weighted by Gasteiger charge is -2.12. The van der Waals surface area contributed by atoms with E-state index in [1.54, 1.807) is 62.8 Å². The van der Waals surface area contributed by atoms with E-state index < -0.39 is 10.8 Å². The summed E-state index contributed by atoms with van der Waals surface area (Å²) in [6.07, 6.45) is 1.63. The van der Waals surface area contributed by atoms with Gasteiger partial charge in [0.2, 0.25) is 0 Å². The van der Waals surface area contributed by atoms with Gasteiger partial charge in [0.15, 0.2) is 6.61 Å². The lowest BCUT2D eigenvalue weighted by atomic mass is 10.1. The largest absolute Gasteiger partial charge is 0.484 e. The van der Waals surface area contributed by atoms with E-state index in [1.807, 2.05) is 6.07 Å². The number of carbonyl (C=O) groups excluding carboxylic acids is 2. The third-order valence-electron chi connectivity index (χ3n) is 3.53. The number of benzene rings is 2. The van der Waals surface area contributed by atoms with Crippen LogP contribution in [0.5, 0.6) is 5.75 Å². The molecule has 2 rings (SSSR count). The summed E-state index contributed by atoms with van der Waals surface area (Å²) in [6, 6.07) is 13.9. The summed E-state index contributed by atoms with van der Waals surface area (Å²) in [5, 5.41) is 2.80. The number of nitrogens with one attached hydrogen (secondary N) is 1. The summed E-state index contributed by atoms with van der Waals surface area (Å²) in [5.74, 6) is 0.588. The van der Waals surface area contributed by atoms with Gasteiger partial charge < -0.3 is 15.0 Å². The highest BCUT2D eigenvalue weighted by Gasteiger charge is 2.08. The average Bonchev–Trinajstić information content (AvgIpc) is 2.60. The Morgan fingerprint density at radius 3 is 2.42 bits per heavy atom. The van der Waals surface area contributed by atoms with Crippen LogP contribution in [-0.2, 0) is 21.3 Å². The standard InChI is InChI=1S/C19H22N2O4S/c1-21(2)18(22)12-25-17-9-7-16(8-10-17)20-19(23)15-6-4-5-14(11-15)13-26(3)24/h4-11H,12-13H2,1-3H3,(H,20,23). The SMILES string of the molecule is CN(C)C(=O)COc1ccc(NC(=O)c2cccc(CS(C)=O)c2)cc1. The van der Waals surface area contributed by atoms with E-state index in [9.17, 15) is 13.8 Å². The molecule has 0 heterocycles. The first kappa shape index (κ1) is 19.7. The number of carbonyl (C=O) groups is 2. The van der Waals surface area contributed by atoms with Crippen molar-refractivity contribution in [2.75, 3.05) is 32.3 Å². The Hall–Kier alpha value is -2.67. The smallest absolute Gasteiger partial charge is 0.259 e. The van der Waals surface area contributed by atoms with Crippen molar-refractivity contribution in [3.05, 3.63) is 59.7 Å². The summed E-state index contributed by atoms with van der Waals surface area (Å²) < 4.78 is 16.7. The van der Waals surface area contributed by atoms with Crippen molar-refractivity contribution >= 4 is 28.3 Å². The van der Waals surface area contributed by atoms with E-state index in [0.717, 1.165) is 5.56 Å². The number of likely N-dealkylation sites (N-methyl/N-ethyl adjacent to an activating group) is 1. The van der Waals surface area contributed by atoms with Crippen molar-refractivity contribution in [3.63, 3.8) is 0 Å². The van der Waals surface area contributed by atoms with E-state index in [-0.39, 0.29) is 18.4 Å². The second kappa shape index (κ2) is 9.15. The highest BCUT2D eigenvalue weighted by atomic mass is 32.2. The van der Waals surface area contributed by atoms with Crippen molar-refractivity contribution in [1.82, 2.24) is 4.90 Å². The molecule has 0 fully saturated rings. The second-order valence-electron chi connectivity index (χ2n) is 5.97. The predicted octanol–water partition coefficient (Wildman–Crippen LogP) is 2.28. The average molecular weight is 374 g/mol. The van der Waals surface area contributed by atoms with Crippen LogP contribution < -0.4 is 10.1 Å². The minimum absolute atomic E-state index is 0.0374. The van der Waals surface area contributed by atoms with Crippen molar-refractivity contribution in [2.24, 2.45) is 0 Å². The van der Waals surface area contributed by atoms with Gasteiger partial charge in [0, 0.05) is 48.2 Å². The van der Waals surface area contributed by atoms with Crippen LogP contribution in [0, 0.1) is 0 Å². The van der Waals surface area contributed by atoms with E-state index in [0.29, 0.717) is 22.8 Å². The Balaban J connectivity index is 1.97. The monoisotopic (exact) mass is 374 g/mol. The van der Waals surface area contributed by atoms with Gasteiger partial charge in [-0.3, -0.25) is 13.8 Å². The zero-order valence-electron chi connectivity index (χ0n) is 15.0. The van der Waals surface area contributed by atoms with Gasteiger partial charge in [-0.15, -0.1) is 0 Å². The quantitative estimate of drug-likeness (QED) is 0.807. The molecule has 0 bridgehead atoms. The molecular formula is C19H22N2O4S. The molecule has 0 saturated heterocycles. The van der Waals surface area contributed by atoms with Gasteiger partial charge in [-0.05, 0) is 42.0 Å². The Kier molecular flexibility index (Phi) is 6.91. The normalized spacial score (nSPS) is 11.5. The summed E-state index contributed by atoms with van der Waals surface area (Å²) in [5.41, 5.74) is 1.98. The fraction of sp³-hybridized carbons (Fsp3) is 0.263. The van der Waals surface area contributed by atoms with Gasteiger partial charge in [-0.1, -0.05) is 12.1 Å². The number of anilines is 1. The van der Waals surface area contributed by atoms with Crippen LogP contribution in [0.3, 0.4) is 0 Å². The molecule has 138 valence electrons. The summed E-state index contributed by atoms with van der Waals surface area (Å²) in [4.78, 5) is 25.3. The molecule has 1 unspecified atom stereocenters. The van der Waals surface area contributed by atoms with E-state index in [4.69, 9.17) is 4.74 Å². The molecule has 0 aliphatic heterocycles. The molecule has 2 amide bonds. The summed E-state index contributed by atoms with van der Waals surface area (Å²) in [6.45, 7) is -0.0374. The van der Waals surface area contributed by atoms with Crippen LogP contribution >= 0.6 is 0 Å². The third kappa shape index (κ3) is 6.00. The van der Waals surface area contributed by atoms with Crippen LogP contribution in [0.4, 0.5) is 5.69 Å². The Morgan fingerprint density at radius 2 is 1.81 bits per heavy atom. The molecule has 0 aromatic heterocycles. The molecule has 26 heavy (non-hydrogen) atoms. The molecule has 2 aromatic rings. The van der Waals surface area contributed by atoms with Gasteiger partial charge in [-0.2, -0.15) is 0 Å². The molecule has 1 atom stereocenters. The molecule has 0 aliphatic rings. The molecule has 1 N–H and O–H groups in total. The maximum Gasteiger partial charge on any atom is 0.259 e. The van der Waals surface area contributed by atoms with Crippen molar-refractivity contribution in [2.45, 2.75) is 5.75 Å². The molecular weight excluding hydrogens is 352 g/mol. The minimum Gasteiger partial charge on any atom is -0.484 e. The summed E-state index contributed by atoms with van der Waals surface area (Å²) >= 11 is 0. The first-order valence-corrected chi connectivity index (χ1v) is 9.71. The highest BCUT2D eigenvalue weighted by molar-refractivity contribution is 7.83. The van der Waals surface area contributed by atoms with Crippen LogP contribution in [0.25, 0.3) is 0 Å². The second-order valence-corrected chi connectivity index (χ2v) is 7.41. The van der Waals surface area contributed by atoms with Crippen LogP contribution in [0.15, 0.2) is 48.5 Å². The van der Waals surface area contributed by atoms with Gasteiger partial charge in [0.05, 0.1) is 0 Å². The lowest BCUT2D eigenvalue weighted by Crippen LogP contribution is -2.27. The number of hydrogen-bond donors (Lipinski definition) is 1. The number of hydrogen-bond acceptors (Lipinski definition) is 4. The fourth-order valence-electron chi connectivity index (χ4n) is 2.15. The number of amides is 2. The van der Waals surface area contributed by atoms with E-state index >= 15 is 0 Å². The topological polar surface area (TPSA) is 75.7 Å². The maximum atomic E-state index is 12.4. The zero-order valence-corrected chi connectivity index (χ0v) is 15.8. The van der Waals surface area contributed by atoms with Gasteiger partial charge in [-0.25, -0.2) is 0 Å². The first-order chi connectivity index (χ1) is 12.3. The molecule has 7 heteroatoms. The Bertz CT molecular complexity index is 803.